The third kappa shape index (κ3) is 4.89. The maximum Gasteiger partial charge on any atom is 0.257 e. The number of rotatable bonds is 5. The number of ether oxygens (including phenoxy) is 1. The van der Waals surface area contributed by atoms with Crippen LogP contribution in [0.15, 0.2) is 72.9 Å². The number of aryl methyl sites for hydroxylation is 1. The van der Waals surface area contributed by atoms with E-state index in [-0.39, 0.29) is 43.6 Å². The summed E-state index contributed by atoms with van der Waals surface area (Å²) in [5.41, 5.74) is 0.934. The molecule has 38 heavy (non-hydrogen) atoms. The van der Waals surface area contributed by atoms with Crippen molar-refractivity contribution in [1.82, 2.24) is 20.1 Å². The fraction of sp³-hybridized carbons (Fsp3) is 0.310. The van der Waals surface area contributed by atoms with E-state index in [1.807, 2.05) is 31.2 Å². The molecule has 3 heterocycles. The van der Waals surface area contributed by atoms with E-state index in [4.69, 9.17) is 4.74 Å². The molecule has 0 aliphatic carbocycles. The molecule has 1 atom stereocenters. The summed E-state index contributed by atoms with van der Waals surface area (Å²) >= 11 is 0. The molecule has 2 aliphatic rings. The number of hydrogen-bond donors (Lipinski definition) is 1. The Kier molecular flexibility index (Phi) is 7.20. The first-order valence-electron chi connectivity index (χ1n) is 12.6. The van der Waals surface area contributed by atoms with Crippen molar-refractivity contribution >= 4 is 17.7 Å². The Morgan fingerprint density at radius 2 is 1.66 bits per heavy atom. The summed E-state index contributed by atoms with van der Waals surface area (Å²) in [4.78, 5) is 47.6. The first-order valence-corrected chi connectivity index (χ1v) is 12.6. The summed E-state index contributed by atoms with van der Waals surface area (Å²) in [7, 11) is 0. The lowest BCUT2D eigenvalue weighted by Gasteiger charge is -2.44. The van der Waals surface area contributed by atoms with E-state index in [9.17, 15) is 18.8 Å². The maximum atomic E-state index is 14.2. The average Bonchev–Trinajstić information content (AvgIpc) is 3.31. The monoisotopic (exact) mass is 516 g/mol. The second-order valence-corrected chi connectivity index (χ2v) is 9.57. The van der Waals surface area contributed by atoms with Crippen molar-refractivity contribution < 1.29 is 23.5 Å². The average molecular weight is 517 g/mol. The molecule has 2 fully saturated rings. The van der Waals surface area contributed by atoms with Crippen molar-refractivity contribution in [3.63, 3.8) is 0 Å². The van der Waals surface area contributed by atoms with E-state index in [2.05, 4.69) is 10.3 Å². The summed E-state index contributed by atoms with van der Waals surface area (Å²) in [5.74, 6) is -1.61. The second kappa shape index (κ2) is 10.7. The Balaban J connectivity index is 1.38. The zero-order valence-corrected chi connectivity index (χ0v) is 21.1. The Morgan fingerprint density at radius 3 is 2.34 bits per heavy atom. The highest BCUT2D eigenvalue weighted by molar-refractivity contribution is 5.99. The van der Waals surface area contributed by atoms with Crippen LogP contribution >= 0.6 is 0 Å². The highest BCUT2D eigenvalue weighted by Crippen LogP contribution is 2.39. The number of benzene rings is 2. The quantitative estimate of drug-likeness (QED) is 0.562. The fourth-order valence-corrected chi connectivity index (χ4v) is 5.17. The van der Waals surface area contributed by atoms with Gasteiger partial charge in [0.25, 0.3) is 11.8 Å². The normalized spacial score (nSPS) is 18.4. The molecular formula is C29H29FN4O4. The van der Waals surface area contributed by atoms with E-state index in [0.29, 0.717) is 24.1 Å². The van der Waals surface area contributed by atoms with Crippen molar-refractivity contribution in [3.8, 4) is 0 Å². The number of carbonyl (C=O) groups excluding carboxylic acids is 3. The van der Waals surface area contributed by atoms with Crippen LogP contribution in [0.3, 0.4) is 0 Å². The zero-order chi connectivity index (χ0) is 26.7. The number of nitrogens with zero attached hydrogens (tertiary/aromatic N) is 3. The largest absolute Gasteiger partial charge is 0.353 e. The van der Waals surface area contributed by atoms with Crippen molar-refractivity contribution in [2.75, 3.05) is 19.7 Å². The predicted molar refractivity (Wildman–Crippen MR) is 137 cm³/mol. The number of aromatic nitrogens is 1. The number of carbonyl (C=O) groups is 3. The molecule has 8 nitrogen and oxygen atoms in total. The second-order valence-electron chi connectivity index (χ2n) is 9.57. The Morgan fingerprint density at radius 1 is 0.974 bits per heavy atom. The SMILES string of the molecule is Cc1ccccc1C(=O)N1[C@@H](C(=O)NCc2ccccn2)COC12CCN(C(=O)c1ccccc1F)CC2. The van der Waals surface area contributed by atoms with Gasteiger partial charge in [0.1, 0.15) is 17.6 Å². The van der Waals surface area contributed by atoms with Gasteiger partial charge in [0, 0.05) is 37.7 Å². The van der Waals surface area contributed by atoms with E-state index in [1.165, 1.54) is 18.2 Å². The van der Waals surface area contributed by atoms with Gasteiger partial charge in [0.05, 0.1) is 24.4 Å². The fourth-order valence-electron chi connectivity index (χ4n) is 5.17. The summed E-state index contributed by atoms with van der Waals surface area (Å²) in [6.07, 6.45) is 2.25. The van der Waals surface area contributed by atoms with Crippen molar-refractivity contribution in [1.29, 1.82) is 0 Å². The molecule has 9 heteroatoms. The van der Waals surface area contributed by atoms with E-state index in [0.717, 1.165) is 5.56 Å². The number of likely N-dealkylation sites (tertiary alicyclic amines) is 1. The molecule has 3 aromatic rings. The first kappa shape index (κ1) is 25.5. The van der Waals surface area contributed by atoms with Crippen LogP contribution in [-0.4, -0.2) is 64.0 Å². The van der Waals surface area contributed by atoms with Crippen LogP contribution < -0.4 is 5.32 Å². The Labute approximate surface area is 220 Å². The first-order chi connectivity index (χ1) is 18.4. The zero-order valence-electron chi connectivity index (χ0n) is 21.1. The molecule has 196 valence electrons. The lowest BCUT2D eigenvalue weighted by atomic mass is 9.95. The van der Waals surface area contributed by atoms with Gasteiger partial charge in [-0.15, -0.1) is 0 Å². The van der Waals surface area contributed by atoms with Gasteiger partial charge in [0.2, 0.25) is 5.91 Å². The molecule has 2 aliphatic heterocycles. The van der Waals surface area contributed by atoms with E-state index in [1.54, 1.807) is 40.3 Å². The summed E-state index contributed by atoms with van der Waals surface area (Å²) in [5, 5.41) is 2.89. The van der Waals surface area contributed by atoms with Crippen LogP contribution in [0.2, 0.25) is 0 Å². The highest BCUT2D eigenvalue weighted by atomic mass is 19.1. The molecule has 1 aromatic heterocycles. The minimum atomic E-state index is -1.06. The number of pyridine rings is 1. The standard InChI is InChI=1S/C29H29FN4O4/c1-20-8-2-3-10-22(20)28(37)34-25(26(35)32-18-21-9-6-7-15-31-21)19-38-29(34)13-16-33(17-14-29)27(36)23-11-4-5-12-24(23)30/h2-12,15,25H,13-14,16-19H2,1H3,(H,32,35)/t25-/m1/s1. The number of nitrogens with one attached hydrogen (secondary N) is 1. The van der Waals surface area contributed by atoms with Crippen LogP contribution in [0.1, 0.15) is 44.8 Å². The topological polar surface area (TPSA) is 91.8 Å². The minimum Gasteiger partial charge on any atom is -0.353 e. The van der Waals surface area contributed by atoms with Gasteiger partial charge in [-0.25, -0.2) is 4.39 Å². The van der Waals surface area contributed by atoms with Crippen LogP contribution in [0, 0.1) is 12.7 Å². The van der Waals surface area contributed by atoms with Gasteiger partial charge in [-0.2, -0.15) is 0 Å². The van der Waals surface area contributed by atoms with Gasteiger partial charge < -0.3 is 15.0 Å². The number of hydrogen-bond acceptors (Lipinski definition) is 5. The highest BCUT2D eigenvalue weighted by Gasteiger charge is 2.54. The lowest BCUT2D eigenvalue weighted by molar-refractivity contribution is -0.128. The van der Waals surface area contributed by atoms with Gasteiger partial charge in [-0.3, -0.25) is 24.3 Å². The molecule has 3 amide bonds. The van der Waals surface area contributed by atoms with Gasteiger partial charge >= 0.3 is 0 Å². The molecule has 2 aromatic carbocycles. The van der Waals surface area contributed by atoms with E-state index >= 15 is 0 Å². The Bertz CT molecular complexity index is 1340. The third-order valence-corrected chi connectivity index (χ3v) is 7.26. The van der Waals surface area contributed by atoms with Crippen molar-refractivity contribution in [3.05, 3.63) is 101 Å². The lowest BCUT2D eigenvalue weighted by Crippen LogP contribution is -2.60. The molecule has 0 bridgehead atoms. The van der Waals surface area contributed by atoms with Crippen molar-refractivity contribution in [2.45, 2.75) is 38.1 Å². The Hall–Kier alpha value is -4.11. The van der Waals surface area contributed by atoms with Gasteiger partial charge in [-0.05, 0) is 42.8 Å². The predicted octanol–water partition coefficient (Wildman–Crippen LogP) is 3.32. The molecule has 0 saturated carbocycles. The van der Waals surface area contributed by atoms with Crippen LogP contribution in [0.4, 0.5) is 4.39 Å². The maximum absolute atomic E-state index is 14.2. The van der Waals surface area contributed by atoms with Gasteiger partial charge in [-0.1, -0.05) is 36.4 Å². The van der Waals surface area contributed by atoms with E-state index < -0.39 is 23.5 Å². The molecule has 1 spiro atoms. The van der Waals surface area contributed by atoms with Crippen LogP contribution in [0.25, 0.3) is 0 Å². The van der Waals surface area contributed by atoms with Crippen molar-refractivity contribution in [2.24, 2.45) is 0 Å². The summed E-state index contributed by atoms with van der Waals surface area (Å²) in [6, 6.07) is 17.7. The molecule has 0 radical (unpaired) electrons. The molecule has 1 N–H and O–H groups in total. The smallest absolute Gasteiger partial charge is 0.257 e. The third-order valence-electron chi connectivity index (χ3n) is 7.26. The van der Waals surface area contributed by atoms with Gasteiger partial charge in [0.15, 0.2) is 0 Å². The minimum absolute atomic E-state index is 0.00964. The summed E-state index contributed by atoms with van der Waals surface area (Å²) in [6.45, 7) is 2.62. The van der Waals surface area contributed by atoms with Crippen LogP contribution in [0.5, 0.6) is 0 Å². The summed E-state index contributed by atoms with van der Waals surface area (Å²) < 4.78 is 20.5. The number of halogens is 1. The number of amides is 3. The number of piperidine rings is 1. The molecule has 0 unspecified atom stereocenters. The molecule has 5 rings (SSSR count). The molecule has 2 saturated heterocycles. The van der Waals surface area contributed by atoms with Crippen LogP contribution in [-0.2, 0) is 16.1 Å². The molecular weight excluding hydrogens is 487 g/mol.